The van der Waals surface area contributed by atoms with Gasteiger partial charge in [-0.15, -0.1) is 0 Å². The standard InChI is InChI=1S/C61H115NO6/c1-54(2)56(5)66-59(63)50-45-41-37-33-29-25-21-17-13-9-11-15-19-23-27-31-35-39-43-48-58(68-61(65)52-47-53-62(7)8)49-44-40-36-32-28-24-20-16-12-10-14-18-22-26-30-34-38-42-46-51-60(64)67-57(6)55(3)4/h9-10,13-14,54-58H,11-12,15-53H2,1-8H3/b13-9-,14-10-. The summed E-state index contributed by atoms with van der Waals surface area (Å²) in [6.07, 6.45) is 57.0. The van der Waals surface area contributed by atoms with Gasteiger partial charge < -0.3 is 19.1 Å². The van der Waals surface area contributed by atoms with E-state index in [1.165, 1.54) is 193 Å². The fourth-order valence-electron chi connectivity index (χ4n) is 8.54. The van der Waals surface area contributed by atoms with Gasteiger partial charge in [0.2, 0.25) is 0 Å². The van der Waals surface area contributed by atoms with Gasteiger partial charge in [-0.1, -0.05) is 193 Å². The number of hydrogen-bond donors (Lipinski definition) is 0. The maximum absolute atomic E-state index is 12.7. The minimum Gasteiger partial charge on any atom is -0.462 e. The van der Waals surface area contributed by atoms with E-state index in [9.17, 15) is 14.4 Å². The van der Waals surface area contributed by atoms with Crippen molar-refractivity contribution < 1.29 is 28.6 Å². The van der Waals surface area contributed by atoms with E-state index in [0.717, 1.165) is 51.5 Å². The second-order valence-electron chi connectivity index (χ2n) is 21.7. The Bertz CT molecular complexity index is 1100. The predicted molar refractivity (Wildman–Crippen MR) is 292 cm³/mol. The molecular weight excluding hydrogens is 843 g/mol. The van der Waals surface area contributed by atoms with Crippen LogP contribution >= 0.6 is 0 Å². The molecule has 68 heavy (non-hydrogen) atoms. The molecule has 0 rings (SSSR count). The summed E-state index contributed by atoms with van der Waals surface area (Å²) >= 11 is 0. The first-order chi connectivity index (χ1) is 32.9. The van der Waals surface area contributed by atoms with E-state index in [1.807, 2.05) is 13.8 Å². The van der Waals surface area contributed by atoms with Gasteiger partial charge in [-0.2, -0.15) is 0 Å². The second kappa shape index (κ2) is 49.8. The zero-order valence-electron chi connectivity index (χ0n) is 46.6. The molecule has 2 unspecified atom stereocenters. The minimum absolute atomic E-state index is 0.000371. The van der Waals surface area contributed by atoms with Crippen LogP contribution in [-0.4, -0.2) is 61.8 Å². The third kappa shape index (κ3) is 48.9. The van der Waals surface area contributed by atoms with Crippen LogP contribution in [0, 0.1) is 11.8 Å². The SMILES string of the molecule is CC(C)C(C)OC(=O)CCCCCCCCC/C=C\CCCCCCCCCCC(CCCCCCCCCC/C=C\CCCCCCCCCC(=O)OC(C)C(C)C)OC(=O)CCCN(C)C. The molecule has 0 saturated heterocycles. The van der Waals surface area contributed by atoms with E-state index in [1.54, 1.807) is 0 Å². The molecule has 0 radical (unpaired) electrons. The van der Waals surface area contributed by atoms with E-state index in [2.05, 4.69) is 71.0 Å². The molecule has 0 amide bonds. The lowest BCUT2D eigenvalue weighted by atomic mass is 10.0. The van der Waals surface area contributed by atoms with E-state index in [0.29, 0.717) is 31.1 Å². The molecule has 0 aliphatic heterocycles. The average molecular weight is 959 g/mol. The van der Waals surface area contributed by atoms with Gasteiger partial charge in [0.25, 0.3) is 0 Å². The highest BCUT2D eigenvalue weighted by Crippen LogP contribution is 2.20. The average Bonchev–Trinajstić information content (AvgIpc) is 3.29. The van der Waals surface area contributed by atoms with Crippen molar-refractivity contribution in [3.8, 4) is 0 Å². The first kappa shape index (κ1) is 65.8. The summed E-state index contributed by atoms with van der Waals surface area (Å²) in [6.45, 7) is 13.3. The van der Waals surface area contributed by atoms with Gasteiger partial charge >= 0.3 is 17.9 Å². The normalized spacial score (nSPS) is 13.3. The molecule has 7 heteroatoms. The quantitative estimate of drug-likeness (QED) is 0.0260. The van der Waals surface area contributed by atoms with Crippen molar-refractivity contribution in [1.82, 2.24) is 4.90 Å². The smallest absolute Gasteiger partial charge is 0.306 e. The molecule has 0 bridgehead atoms. The zero-order valence-corrected chi connectivity index (χ0v) is 46.6. The van der Waals surface area contributed by atoms with Crippen molar-refractivity contribution in [2.75, 3.05) is 20.6 Å². The number of allylic oxidation sites excluding steroid dienone is 4. The van der Waals surface area contributed by atoms with Crippen molar-refractivity contribution in [3.05, 3.63) is 24.3 Å². The Morgan fingerprint density at radius 3 is 0.882 bits per heavy atom. The first-order valence-corrected chi connectivity index (χ1v) is 29.5. The van der Waals surface area contributed by atoms with Crippen molar-refractivity contribution in [3.63, 3.8) is 0 Å². The summed E-state index contributed by atoms with van der Waals surface area (Å²) in [5.41, 5.74) is 0. The number of esters is 3. The molecule has 400 valence electrons. The minimum atomic E-state index is -0.0341. The summed E-state index contributed by atoms with van der Waals surface area (Å²) < 4.78 is 17.0. The fourth-order valence-corrected chi connectivity index (χ4v) is 8.54. The second-order valence-corrected chi connectivity index (χ2v) is 21.7. The Balaban J connectivity index is 3.84. The molecule has 0 fully saturated rings. The van der Waals surface area contributed by atoms with Gasteiger partial charge in [0.1, 0.15) is 18.3 Å². The largest absolute Gasteiger partial charge is 0.462 e. The van der Waals surface area contributed by atoms with Gasteiger partial charge in [-0.05, 0) is 143 Å². The molecule has 0 aliphatic carbocycles. The molecule has 0 aromatic carbocycles. The Kier molecular flexibility index (Phi) is 48.2. The molecule has 0 aliphatic rings. The van der Waals surface area contributed by atoms with Crippen LogP contribution in [0.3, 0.4) is 0 Å². The summed E-state index contributed by atoms with van der Waals surface area (Å²) in [5.74, 6) is 0.697. The van der Waals surface area contributed by atoms with Crippen LogP contribution in [0.2, 0.25) is 0 Å². The van der Waals surface area contributed by atoms with E-state index in [4.69, 9.17) is 14.2 Å². The first-order valence-electron chi connectivity index (χ1n) is 29.5. The highest BCUT2D eigenvalue weighted by atomic mass is 16.6. The van der Waals surface area contributed by atoms with Crippen molar-refractivity contribution in [2.45, 2.75) is 317 Å². The van der Waals surface area contributed by atoms with Crippen LogP contribution in [0.5, 0.6) is 0 Å². The van der Waals surface area contributed by atoms with Gasteiger partial charge in [-0.25, -0.2) is 0 Å². The van der Waals surface area contributed by atoms with Crippen molar-refractivity contribution in [1.29, 1.82) is 0 Å². The third-order valence-electron chi connectivity index (χ3n) is 13.9. The molecule has 0 aromatic rings. The molecule has 0 saturated carbocycles. The van der Waals surface area contributed by atoms with E-state index >= 15 is 0 Å². The lowest BCUT2D eigenvalue weighted by Gasteiger charge is -2.18. The number of unbranched alkanes of at least 4 members (excludes halogenated alkanes) is 30. The topological polar surface area (TPSA) is 82.1 Å². The number of carbonyl (C=O) groups is 3. The Morgan fingerprint density at radius 2 is 0.588 bits per heavy atom. The molecule has 0 heterocycles. The number of rotatable bonds is 51. The molecule has 0 aromatic heterocycles. The van der Waals surface area contributed by atoms with Crippen LogP contribution in [0.25, 0.3) is 0 Å². The summed E-state index contributed by atoms with van der Waals surface area (Å²) in [4.78, 5) is 38.6. The van der Waals surface area contributed by atoms with Crippen LogP contribution in [0.1, 0.15) is 298 Å². The number of ether oxygens (including phenoxy) is 3. The maximum Gasteiger partial charge on any atom is 0.306 e. The third-order valence-corrected chi connectivity index (χ3v) is 13.9. The Morgan fingerprint density at radius 1 is 0.338 bits per heavy atom. The summed E-state index contributed by atoms with van der Waals surface area (Å²) in [7, 11) is 4.12. The molecule has 0 spiro atoms. The number of carbonyl (C=O) groups excluding carboxylic acids is 3. The van der Waals surface area contributed by atoms with Gasteiger partial charge in [0.15, 0.2) is 0 Å². The zero-order chi connectivity index (χ0) is 50.1. The predicted octanol–water partition coefficient (Wildman–Crippen LogP) is 18.4. The number of hydrogen-bond acceptors (Lipinski definition) is 7. The van der Waals surface area contributed by atoms with Crippen LogP contribution < -0.4 is 0 Å². The monoisotopic (exact) mass is 958 g/mol. The number of nitrogens with zero attached hydrogens (tertiary/aromatic N) is 1. The van der Waals surface area contributed by atoms with Crippen molar-refractivity contribution in [2.24, 2.45) is 11.8 Å². The van der Waals surface area contributed by atoms with Crippen LogP contribution in [0.4, 0.5) is 0 Å². The van der Waals surface area contributed by atoms with Gasteiger partial charge in [0, 0.05) is 19.3 Å². The van der Waals surface area contributed by atoms with E-state index in [-0.39, 0.29) is 36.2 Å². The maximum atomic E-state index is 12.7. The molecule has 2 atom stereocenters. The van der Waals surface area contributed by atoms with E-state index < -0.39 is 0 Å². The van der Waals surface area contributed by atoms with Gasteiger partial charge in [0.05, 0.1) is 0 Å². The highest BCUT2D eigenvalue weighted by molar-refractivity contribution is 5.70. The van der Waals surface area contributed by atoms with Gasteiger partial charge in [-0.3, -0.25) is 14.4 Å². The fraction of sp³-hybridized carbons (Fsp3) is 0.885. The lowest BCUT2D eigenvalue weighted by molar-refractivity contribution is -0.151. The summed E-state index contributed by atoms with van der Waals surface area (Å²) in [5, 5.41) is 0. The summed E-state index contributed by atoms with van der Waals surface area (Å²) in [6, 6.07) is 0. The Labute approximate surface area is 423 Å². The van der Waals surface area contributed by atoms with Crippen LogP contribution in [-0.2, 0) is 28.6 Å². The molecule has 7 nitrogen and oxygen atoms in total. The van der Waals surface area contributed by atoms with Crippen LogP contribution in [0.15, 0.2) is 24.3 Å². The lowest BCUT2D eigenvalue weighted by Crippen LogP contribution is -2.20. The Hall–Kier alpha value is -2.15. The van der Waals surface area contributed by atoms with Crippen molar-refractivity contribution >= 4 is 17.9 Å². The molecular formula is C61H115NO6. The highest BCUT2D eigenvalue weighted by Gasteiger charge is 2.16. The molecule has 0 N–H and O–H groups in total.